The Labute approximate surface area is 140 Å². The van der Waals surface area contributed by atoms with Crippen molar-refractivity contribution < 1.29 is 18.7 Å². The predicted octanol–water partition coefficient (Wildman–Crippen LogP) is 1.81. The number of rotatable bonds is 5. The van der Waals surface area contributed by atoms with Gasteiger partial charge in [-0.25, -0.2) is 5.84 Å². The summed E-state index contributed by atoms with van der Waals surface area (Å²) in [6.45, 7) is 0. The summed E-state index contributed by atoms with van der Waals surface area (Å²) in [7, 11) is 1.56. The molecule has 0 atom stereocenters. The van der Waals surface area contributed by atoms with Crippen molar-refractivity contribution in [3.63, 3.8) is 0 Å². The molecule has 1 aromatic heterocycles. The number of amides is 2. The van der Waals surface area contributed by atoms with Crippen LogP contribution in [-0.4, -0.2) is 18.9 Å². The van der Waals surface area contributed by atoms with Gasteiger partial charge in [0, 0.05) is 0 Å². The summed E-state index contributed by atoms with van der Waals surface area (Å²) in [6, 6.07) is 9.98. The lowest BCUT2D eigenvalue weighted by atomic mass is 10.1. The monoisotopic (exact) mass is 379 g/mol. The molecule has 0 aliphatic heterocycles. The maximum absolute atomic E-state index is 12.1. The summed E-state index contributed by atoms with van der Waals surface area (Å²) in [5.41, 5.74) is 2.65. The van der Waals surface area contributed by atoms with E-state index in [-0.39, 0.29) is 11.5 Å². The maximum Gasteiger partial charge on any atom is 0.291 e. The lowest BCUT2D eigenvalue weighted by molar-refractivity contribution is -0.117. The molecule has 0 fully saturated rings. The topological polar surface area (TPSA) is 107 Å². The molecule has 8 heteroatoms. The molecular formula is C15H14BrN3O4. The highest BCUT2D eigenvalue weighted by molar-refractivity contribution is 9.10. The summed E-state index contributed by atoms with van der Waals surface area (Å²) < 4.78 is 10.6. The van der Waals surface area contributed by atoms with E-state index in [4.69, 9.17) is 15.0 Å². The number of methoxy groups -OCH3 is 1. The second-order valence-corrected chi connectivity index (χ2v) is 5.14. The predicted molar refractivity (Wildman–Crippen MR) is 87.2 cm³/mol. The van der Waals surface area contributed by atoms with E-state index in [1.54, 1.807) is 37.4 Å². The van der Waals surface area contributed by atoms with Crippen molar-refractivity contribution in [1.29, 1.82) is 0 Å². The summed E-state index contributed by atoms with van der Waals surface area (Å²) in [4.78, 5) is 23.9. The molecule has 7 nitrogen and oxygen atoms in total. The standard InChI is InChI=1S/C15H14BrN3O4/c1-22-10-4-2-9(3-5-10)8-11(14(20)19-17)18-15(21)12-6-7-13(16)23-12/h2-8H,17H2,1H3,(H,18,21)(H,19,20)/b11-8+. The molecule has 0 radical (unpaired) electrons. The Kier molecular flexibility index (Phi) is 5.56. The van der Waals surface area contributed by atoms with Crippen LogP contribution in [0.15, 0.2) is 51.2 Å². The minimum atomic E-state index is -0.639. The molecule has 0 unspecified atom stereocenters. The average molecular weight is 380 g/mol. The van der Waals surface area contributed by atoms with Gasteiger partial charge in [-0.2, -0.15) is 0 Å². The second-order valence-electron chi connectivity index (χ2n) is 4.36. The van der Waals surface area contributed by atoms with E-state index < -0.39 is 11.8 Å². The van der Waals surface area contributed by atoms with Gasteiger partial charge in [0.05, 0.1) is 7.11 Å². The van der Waals surface area contributed by atoms with Crippen molar-refractivity contribution >= 4 is 33.8 Å². The number of benzene rings is 1. The molecule has 0 saturated heterocycles. The van der Waals surface area contributed by atoms with E-state index in [1.807, 2.05) is 5.43 Å². The highest BCUT2D eigenvalue weighted by atomic mass is 79.9. The smallest absolute Gasteiger partial charge is 0.291 e. The fraction of sp³-hybridized carbons (Fsp3) is 0.0667. The van der Waals surface area contributed by atoms with Crippen LogP contribution in [0.4, 0.5) is 0 Å². The van der Waals surface area contributed by atoms with Crippen LogP contribution >= 0.6 is 15.9 Å². The van der Waals surface area contributed by atoms with Crippen molar-refractivity contribution in [3.05, 3.63) is 58.1 Å². The SMILES string of the molecule is COc1ccc(/C=C(/NC(=O)c2ccc(Br)o2)C(=O)NN)cc1. The summed E-state index contributed by atoms with van der Waals surface area (Å²) in [5.74, 6) is 4.67. The number of hydrazine groups is 1. The van der Waals surface area contributed by atoms with Crippen LogP contribution in [-0.2, 0) is 4.79 Å². The van der Waals surface area contributed by atoms with Crippen LogP contribution in [0, 0.1) is 0 Å². The first kappa shape index (κ1) is 16.8. The number of nitrogens with one attached hydrogen (secondary N) is 2. The third-order valence-electron chi connectivity index (χ3n) is 2.85. The van der Waals surface area contributed by atoms with Gasteiger partial charge in [-0.1, -0.05) is 12.1 Å². The Balaban J connectivity index is 2.23. The summed E-state index contributed by atoms with van der Waals surface area (Å²) in [6.07, 6.45) is 1.48. The molecule has 1 heterocycles. The molecule has 1 aromatic carbocycles. The average Bonchev–Trinajstić information content (AvgIpc) is 3.00. The van der Waals surface area contributed by atoms with Gasteiger partial charge in [-0.15, -0.1) is 0 Å². The molecule has 0 saturated carbocycles. The van der Waals surface area contributed by atoms with Crippen LogP contribution in [0.1, 0.15) is 16.1 Å². The largest absolute Gasteiger partial charge is 0.497 e. The molecule has 2 amide bonds. The van der Waals surface area contributed by atoms with E-state index in [9.17, 15) is 9.59 Å². The van der Waals surface area contributed by atoms with Crippen LogP contribution < -0.4 is 21.3 Å². The highest BCUT2D eigenvalue weighted by Gasteiger charge is 2.16. The molecule has 0 spiro atoms. The third kappa shape index (κ3) is 4.44. The number of furan rings is 1. The van der Waals surface area contributed by atoms with Gasteiger partial charge in [0.2, 0.25) is 0 Å². The van der Waals surface area contributed by atoms with Crippen molar-refractivity contribution in [1.82, 2.24) is 10.7 Å². The van der Waals surface area contributed by atoms with E-state index in [2.05, 4.69) is 21.2 Å². The Morgan fingerprint density at radius 2 is 1.91 bits per heavy atom. The number of ether oxygens (including phenoxy) is 1. The van der Waals surface area contributed by atoms with Crippen LogP contribution in [0.25, 0.3) is 6.08 Å². The molecular weight excluding hydrogens is 366 g/mol. The molecule has 120 valence electrons. The van der Waals surface area contributed by atoms with Crippen LogP contribution in [0.3, 0.4) is 0 Å². The van der Waals surface area contributed by atoms with Gasteiger partial charge in [0.1, 0.15) is 11.4 Å². The van der Waals surface area contributed by atoms with Gasteiger partial charge < -0.3 is 14.5 Å². The first-order valence-electron chi connectivity index (χ1n) is 6.47. The molecule has 0 aliphatic carbocycles. The van der Waals surface area contributed by atoms with E-state index >= 15 is 0 Å². The van der Waals surface area contributed by atoms with Crippen molar-refractivity contribution in [2.45, 2.75) is 0 Å². The number of hydrogen-bond donors (Lipinski definition) is 3. The zero-order chi connectivity index (χ0) is 16.8. The van der Waals surface area contributed by atoms with E-state index in [0.29, 0.717) is 16.0 Å². The first-order chi connectivity index (χ1) is 11.0. The van der Waals surface area contributed by atoms with Crippen molar-refractivity contribution in [2.75, 3.05) is 7.11 Å². The van der Waals surface area contributed by atoms with Crippen molar-refractivity contribution in [3.8, 4) is 5.75 Å². The zero-order valence-corrected chi connectivity index (χ0v) is 13.7. The van der Waals surface area contributed by atoms with E-state index in [0.717, 1.165) is 0 Å². The summed E-state index contributed by atoms with van der Waals surface area (Å²) in [5, 5.41) is 2.46. The first-order valence-corrected chi connectivity index (χ1v) is 7.26. The lowest BCUT2D eigenvalue weighted by Gasteiger charge is -2.08. The van der Waals surface area contributed by atoms with Gasteiger partial charge in [-0.05, 0) is 51.8 Å². The Bertz CT molecular complexity index is 737. The number of carbonyl (C=O) groups is 2. The van der Waals surface area contributed by atoms with Gasteiger partial charge in [0.15, 0.2) is 10.4 Å². The zero-order valence-electron chi connectivity index (χ0n) is 12.1. The third-order valence-corrected chi connectivity index (χ3v) is 3.27. The Morgan fingerprint density at radius 1 is 1.22 bits per heavy atom. The normalized spacial score (nSPS) is 11.0. The maximum atomic E-state index is 12.1. The number of hydrogen-bond acceptors (Lipinski definition) is 5. The molecule has 0 bridgehead atoms. The fourth-order valence-corrected chi connectivity index (χ4v) is 2.03. The van der Waals surface area contributed by atoms with Crippen LogP contribution in [0.2, 0.25) is 0 Å². The second kappa shape index (κ2) is 7.61. The quantitative estimate of drug-likeness (QED) is 0.318. The molecule has 2 rings (SSSR count). The van der Waals surface area contributed by atoms with E-state index in [1.165, 1.54) is 12.1 Å². The highest BCUT2D eigenvalue weighted by Crippen LogP contribution is 2.16. The fourth-order valence-electron chi connectivity index (χ4n) is 1.72. The minimum Gasteiger partial charge on any atom is -0.497 e. The molecule has 0 aliphatic rings. The molecule has 4 N–H and O–H groups in total. The minimum absolute atomic E-state index is 0.0183. The number of carbonyl (C=O) groups excluding carboxylic acids is 2. The summed E-state index contributed by atoms with van der Waals surface area (Å²) >= 11 is 3.10. The lowest BCUT2D eigenvalue weighted by Crippen LogP contribution is -2.38. The van der Waals surface area contributed by atoms with Gasteiger partial charge in [0.25, 0.3) is 11.8 Å². The number of halogens is 1. The van der Waals surface area contributed by atoms with Crippen molar-refractivity contribution in [2.24, 2.45) is 5.84 Å². The van der Waals surface area contributed by atoms with Gasteiger partial charge in [-0.3, -0.25) is 15.0 Å². The molecule has 23 heavy (non-hydrogen) atoms. The van der Waals surface area contributed by atoms with Gasteiger partial charge >= 0.3 is 0 Å². The Hall–Kier alpha value is -2.58. The Morgan fingerprint density at radius 3 is 2.43 bits per heavy atom. The van der Waals surface area contributed by atoms with Crippen LogP contribution in [0.5, 0.6) is 5.75 Å². The number of nitrogens with two attached hydrogens (primary N) is 1. The molecule has 2 aromatic rings.